The van der Waals surface area contributed by atoms with Gasteiger partial charge < -0.3 is 14.5 Å². The van der Waals surface area contributed by atoms with E-state index in [0.29, 0.717) is 38.4 Å². The molecule has 0 aliphatic carbocycles. The van der Waals surface area contributed by atoms with E-state index in [1.54, 1.807) is 18.3 Å². The molecular formula is C15H12ClF2N3O2S. The van der Waals surface area contributed by atoms with E-state index in [1.807, 2.05) is 0 Å². The Morgan fingerprint density at radius 2 is 2.17 bits per heavy atom. The number of fused-ring (bicyclic) bond motifs is 1. The van der Waals surface area contributed by atoms with Gasteiger partial charge in [0.15, 0.2) is 5.16 Å². The smallest absolute Gasteiger partial charge is 0.387 e. The van der Waals surface area contributed by atoms with Crippen LogP contribution in [0.2, 0.25) is 5.02 Å². The van der Waals surface area contributed by atoms with Crippen LogP contribution in [0, 0.1) is 0 Å². The number of nitrogens with zero attached hydrogens (tertiary/aromatic N) is 2. The molecule has 1 aromatic carbocycles. The van der Waals surface area contributed by atoms with Gasteiger partial charge >= 0.3 is 6.61 Å². The number of nitrogens with one attached hydrogen (secondary N) is 1. The molecular weight excluding hydrogens is 360 g/mol. The van der Waals surface area contributed by atoms with Crippen LogP contribution in [-0.4, -0.2) is 28.7 Å². The molecule has 0 spiro atoms. The van der Waals surface area contributed by atoms with Crippen molar-refractivity contribution in [3.8, 4) is 11.5 Å². The number of aromatic amines is 1. The third-order valence-corrected chi connectivity index (χ3v) is 4.44. The van der Waals surface area contributed by atoms with Gasteiger partial charge in [0, 0.05) is 24.1 Å². The first-order valence-electron chi connectivity index (χ1n) is 6.81. The lowest BCUT2D eigenvalue weighted by Gasteiger charge is -2.06. The lowest BCUT2D eigenvalue weighted by atomic mass is 10.3. The largest absolute Gasteiger partial charge is 0.495 e. The van der Waals surface area contributed by atoms with Gasteiger partial charge in [0.2, 0.25) is 0 Å². The standard InChI is InChI=1S/C15H12ClF2N3O2S/c1-22-12-4-5-19-11(13(12)16)7-24-15-20-9-3-2-8(23-14(17)18)6-10(9)21-15/h2-6,14H,7H2,1H3,(H,20,21). The Labute approximate surface area is 145 Å². The molecule has 5 nitrogen and oxygen atoms in total. The Balaban J connectivity index is 1.76. The fourth-order valence-electron chi connectivity index (χ4n) is 2.07. The average Bonchev–Trinajstić information content (AvgIpc) is 2.95. The zero-order chi connectivity index (χ0) is 17.1. The van der Waals surface area contributed by atoms with Crippen LogP contribution in [0.4, 0.5) is 8.78 Å². The van der Waals surface area contributed by atoms with Gasteiger partial charge in [-0.05, 0) is 12.1 Å². The minimum Gasteiger partial charge on any atom is -0.495 e. The van der Waals surface area contributed by atoms with Crippen molar-refractivity contribution >= 4 is 34.4 Å². The van der Waals surface area contributed by atoms with Gasteiger partial charge in [0.25, 0.3) is 0 Å². The summed E-state index contributed by atoms with van der Waals surface area (Å²) in [5, 5.41) is 1.08. The predicted molar refractivity (Wildman–Crippen MR) is 88.1 cm³/mol. The van der Waals surface area contributed by atoms with Crippen molar-refractivity contribution in [2.75, 3.05) is 7.11 Å². The number of thioether (sulfide) groups is 1. The molecule has 3 aromatic rings. The summed E-state index contributed by atoms with van der Waals surface area (Å²) < 4.78 is 34.0. The summed E-state index contributed by atoms with van der Waals surface area (Å²) in [6.45, 7) is -2.86. The van der Waals surface area contributed by atoms with E-state index in [1.165, 1.54) is 31.0 Å². The zero-order valence-electron chi connectivity index (χ0n) is 12.4. The van der Waals surface area contributed by atoms with Crippen molar-refractivity contribution in [3.63, 3.8) is 0 Å². The van der Waals surface area contributed by atoms with Crippen LogP contribution in [0.5, 0.6) is 11.5 Å². The van der Waals surface area contributed by atoms with Crippen molar-refractivity contribution in [1.29, 1.82) is 0 Å². The maximum Gasteiger partial charge on any atom is 0.387 e. The molecule has 0 atom stereocenters. The van der Waals surface area contributed by atoms with Gasteiger partial charge in [0.05, 0.1) is 23.8 Å². The number of aromatic nitrogens is 3. The maximum absolute atomic E-state index is 12.3. The number of H-pyrrole nitrogens is 1. The summed E-state index contributed by atoms with van der Waals surface area (Å²) in [6.07, 6.45) is 1.62. The number of ether oxygens (including phenoxy) is 2. The molecule has 2 aromatic heterocycles. The normalized spacial score (nSPS) is 11.2. The molecule has 24 heavy (non-hydrogen) atoms. The van der Waals surface area contributed by atoms with Gasteiger partial charge in [-0.15, -0.1) is 0 Å². The van der Waals surface area contributed by atoms with Crippen LogP contribution in [0.3, 0.4) is 0 Å². The highest BCUT2D eigenvalue weighted by atomic mass is 35.5. The SMILES string of the molecule is COc1ccnc(CSc2nc3ccc(OC(F)F)cc3[nH]2)c1Cl. The molecule has 1 N–H and O–H groups in total. The number of hydrogen-bond acceptors (Lipinski definition) is 5. The molecule has 0 aliphatic heterocycles. The summed E-state index contributed by atoms with van der Waals surface area (Å²) in [7, 11) is 1.54. The number of hydrogen-bond donors (Lipinski definition) is 1. The summed E-state index contributed by atoms with van der Waals surface area (Å²) in [6, 6.07) is 6.23. The second-order valence-electron chi connectivity index (χ2n) is 4.66. The van der Waals surface area contributed by atoms with Gasteiger partial charge in [-0.3, -0.25) is 4.98 Å². The molecule has 2 heterocycles. The van der Waals surface area contributed by atoms with Crippen LogP contribution < -0.4 is 9.47 Å². The molecule has 0 fully saturated rings. The van der Waals surface area contributed by atoms with E-state index >= 15 is 0 Å². The first-order valence-corrected chi connectivity index (χ1v) is 8.18. The van der Waals surface area contributed by atoms with E-state index in [4.69, 9.17) is 16.3 Å². The number of rotatable bonds is 6. The van der Waals surface area contributed by atoms with Crippen LogP contribution in [0.15, 0.2) is 35.6 Å². The molecule has 3 rings (SSSR count). The topological polar surface area (TPSA) is 60.0 Å². The molecule has 9 heteroatoms. The molecule has 126 valence electrons. The molecule has 0 unspecified atom stereocenters. The van der Waals surface area contributed by atoms with E-state index in [0.717, 1.165) is 0 Å². The third kappa shape index (κ3) is 3.70. The van der Waals surface area contributed by atoms with Crippen molar-refractivity contribution in [2.24, 2.45) is 0 Å². The summed E-state index contributed by atoms with van der Waals surface area (Å²) in [5.41, 5.74) is 1.94. The second kappa shape index (κ2) is 7.23. The Bertz CT molecular complexity index is 860. The number of methoxy groups -OCH3 is 1. The summed E-state index contributed by atoms with van der Waals surface area (Å²) in [4.78, 5) is 11.7. The molecule has 0 aliphatic rings. The molecule has 0 radical (unpaired) electrons. The van der Waals surface area contributed by atoms with Gasteiger partial charge in [-0.2, -0.15) is 8.78 Å². The predicted octanol–water partition coefficient (Wildman–Crippen LogP) is 4.51. The van der Waals surface area contributed by atoms with Crippen LogP contribution in [-0.2, 0) is 5.75 Å². The highest BCUT2D eigenvalue weighted by Crippen LogP contribution is 2.31. The van der Waals surface area contributed by atoms with Gasteiger partial charge in [0.1, 0.15) is 16.5 Å². The Morgan fingerprint density at radius 3 is 2.92 bits per heavy atom. The van der Waals surface area contributed by atoms with Crippen LogP contribution >= 0.6 is 23.4 Å². The lowest BCUT2D eigenvalue weighted by Crippen LogP contribution is -2.01. The summed E-state index contributed by atoms with van der Waals surface area (Å²) in [5.74, 6) is 1.12. The number of benzene rings is 1. The molecule has 0 amide bonds. The quantitative estimate of drug-likeness (QED) is 0.646. The monoisotopic (exact) mass is 371 g/mol. The van der Waals surface area contributed by atoms with Crippen LogP contribution in [0.25, 0.3) is 11.0 Å². The van der Waals surface area contributed by atoms with Crippen molar-refractivity contribution in [1.82, 2.24) is 15.0 Å². The number of alkyl halides is 2. The fourth-order valence-corrected chi connectivity index (χ4v) is 3.24. The number of imidazole rings is 1. The van der Waals surface area contributed by atoms with Crippen molar-refractivity contribution < 1.29 is 18.3 Å². The Hall–Kier alpha value is -2.06. The Morgan fingerprint density at radius 1 is 1.33 bits per heavy atom. The maximum atomic E-state index is 12.3. The second-order valence-corrected chi connectivity index (χ2v) is 6.00. The molecule has 0 saturated heterocycles. The number of pyridine rings is 1. The average molecular weight is 372 g/mol. The fraction of sp³-hybridized carbons (Fsp3) is 0.200. The Kier molecular flexibility index (Phi) is 5.06. The molecule has 0 bridgehead atoms. The number of halogens is 3. The van der Waals surface area contributed by atoms with Gasteiger partial charge in [-0.1, -0.05) is 23.4 Å². The highest BCUT2D eigenvalue weighted by molar-refractivity contribution is 7.98. The van der Waals surface area contributed by atoms with Crippen molar-refractivity contribution in [2.45, 2.75) is 17.5 Å². The third-order valence-electron chi connectivity index (χ3n) is 3.15. The first kappa shape index (κ1) is 16.8. The minimum absolute atomic E-state index is 0.0789. The lowest BCUT2D eigenvalue weighted by molar-refractivity contribution is -0.0497. The van der Waals surface area contributed by atoms with E-state index in [2.05, 4.69) is 19.7 Å². The minimum atomic E-state index is -2.86. The van der Waals surface area contributed by atoms with E-state index < -0.39 is 6.61 Å². The van der Waals surface area contributed by atoms with Crippen LogP contribution in [0.1, 0.15) is 5.69 Å². The van der Waals surface area contributed by atoms with Crippen molar-refractivity contribution in [3.05, 3.63) is 41.2 Å². The van der Waals surface area contributed by atoms with E-state index in [9.17, 15) is 8.78 Å². The zero-order valence-corrected chi connectivity index (χ0v) is 14.0. The van der Waals surface area contributed by atoms with E-state index in [-0.39, 0.29) is 5.75 Å². The highest BCUT2D eigenvalue weighted by Gasteiger charge is 2.11. The molecule has 0 saturated carbocycles. The summed E-state index contributed by atoms with van der Waals surface area (Å²) >= 11 is 7.60. The first-order chi connectivity index (χ1) is 11.6. The van der Waals surface area contributed by atoms with Gasteiger partial charge in [-0.25, -0.2) is 4.98 Å².